The van der Waals surface area contributed by atoms with Gasteiger partial charge in [0.1, 0.15) is 6.29 Å². The van der Waals surface area contributed by atoms with Crippen LogP contribution in [0.3, 0.4) is 0 Å². The molecule has 1 nitrogen and oxygen atoms in total. The van der Waals surface area contributed by atoms with Crippen LogP contribution in [0, 0.1) is 0 Å². The summed E-state index contributed by atoms with van der Waals surface area (Å²) in [6.45, 7) is 4.48. The number of unbranched alkanes of at least 4 members (excludes halogenated alkanes) is 9. The van der Waals surface area contributed by atoms with Crippen molar-refractivity contribution in [1.29, 1.82) is 0 Å². The summed E-state index contributed by atoms with van der Waals surface area (Å²) in [5.41, 5.74) is 0. The van der Waals surface area contributed by atoms with Crippen molar-refractivity contribution in [1.82, 2.24) is 0 Å². The number of aldehydes is 1. The Morgan fingerprint density at radius 1 is 0.800 bits per heavy atom. The maximum absolute atomic E-state index is 10.6. The zero-order chi connectivity index (χ0) is 14.9. The van der Waals surface area contributed by atoms with E-state index in [4.69, 9.17) is 0 Å². The highest BCUT2D eigenvalue weighted by atomic mass is 32.2. The highest BCUT2D eigenvalue weighted by Gasteiger charge is 2.06. The van der Waals surface area contributed by atoms with Crippen molar-refractivity contribution in [3.63, 3.8) is 0 Å². The molecule has 0 rings (SSSR count). The average molecular weight is 301 g/mol. The summed E-state index contributed by atoms with van der Waals surface area (Å²) in [5, 5.41) is 0.580. The summed E-state index contributed by atoms with van der Waals surface area (Å²) in [6.07, 6.45) is 18.3. The summed E-state index contributed by atoms with van der Waals surface area (Å²) in [6, 6.07) is 0. The van der Waals surface area contributed by atoms with Crippen LogP contribution >= 0.6 is 11.8 Å². The summed E-state index contributed by atoms with van der Waals surface area (Å²) in [5.74, 6) is 1.25. The normalized spacial score (nSPS) is 12.5. The minimum atomic E-state index is 0.580. The number of hydrogen-bond acceptors (Lipinski definition) is 2. The molecule has 0 saturated carbocycles. The first-order valence-electron chi connectivity index (χ1n) is 8.90. The first kappa shape index (κ1) is 20.0. The van der Waals surface area contributed by atoms with Crippen molar-refractivity contribution in [3.8, 4) is 0 Å². The zero-order valence-electron chi connectivity index (χ0n) is 13.9. The third-order valence-corrected chi connectivity index (χ3v) is 5.25. The molecule has 0 fully saturated rings. The second-order valence-electron chi connectivity index (χ2n) is 5.87. The molecule has 0 aromatic rings. The molecule has 1 unspecified atom stereocenters. The van der Waals surface area contributed by atoms with Crippen molar-refractivity contribution >= 4 is 18.0 Å². The zero-order valence-corrected chi connectivity index (χ0v) is 14.7. The maximum Gasteiger partial charge on any atom is 0.121 e. The summed E-state index contributed by atoms with van der Waals surface area (Å²) in [4.78, 5) is 10.6. The van der Waals surface area contributed by atoms with Crippen molar-refractivity contribution < 1.29 is 4.79 Å². The fourth-order valence-electron chi connectivity index (χ4n) is 2.54. The van der Waals surface area contributed by atoms with Crippen LogP contribution in [0.2, 0.25) is 0 Å². The standard InChI is InChI=1S/C18H36OS/c1-3-5-6-7-8-9-10-11-12-13-17-20-18(14-4-2)15-16-19/h16,18H,3-15,17H2,1-2H3. The van der Waals surface area contributed by atoms with Gasteiger partial charge in [-0.1, -0.05) is 78.1 Å². The minimum absolute atomic E-state index is 0.580. The highest BCUT2D eigenvalue weighted by Crippen LogP contribution is 2.21. The van der Waals surface area contributed by atoms with E-state index in [9.17, 15) is 4.79 Å². The van der Waals surface area contributed by atoms with Gasteiger partial charge in [0.15, 0.2) is 0 Å². The van der Waals surface area contributed by atoms with E-state index >= 15 is 0 Å². The van der Waals surface area contributed by atoms with Gasteiger partial charge >= 0.3 is 0 Å². The Hall–Kier alpha value is 0.0200. The van der Waals surface area contributed by atoms with Crippen LogP contribution in [0.15, 0.2) is 0 Å². The van der Waals surface area contributed by atoms with Gasteiger partial charge in [0, 0.05) is 11.7 Å². The molecule has 0 bridgehead atoms. The monoisotopic (exact) mass is 300 g/mol. The molecule has 0 amide bonds. The van der Waals surface area contributed by atoms with E-state index in [-0.39, 0.29) is 0 Å². The van der Waals surface area contributed by atoms with Gasteiger partial charge in [0.05, 0.1) is 0 Å². The molecule has 2 heteroatoms. The molecule has 0 spiro atoms. The number of rotatable bonds is 16. The molecule has 1 atom stereocenters. The molecule has 0 aliphatic heterocycles. The third kappa shape index (κ3) is 14.4. The smallest absolute Gasteiger partial charge is 0.121 e. The Labute approximate surface area is 131 Å². The molecule has 0 aliphatic rings. The minimum Gasteiger partial charge on any atom is -0.303 e. The molecule has 0 N–H and O–H groups in total. The van der Waals surface area contributed by atoms with Gasteiger partial charge in [-0.2, -0.15) is 11.8 Å². The molecular weight excluding hydrogens is 264 g/mol. The predicted molar refractivity (Wildman–Crippen MR) is 93.7 cm³/mol. The van der Waals surface area contributed by atoms with Crippen LogP contribution in [0.25, 0.3) is 0 Å². The van der Waals surface area contributed by atoms with Gasteiger partial charge in [-0.3, -0.25) is 0 Å². The van der Waals surface area contributed by atoms with Crippen LogP contribution in [0.1, 0.15) is 97.3 Å². The maximum atomic E-state index is 10.6. The largest absolute Gasteiger partial charge is 0.303 e. The van der Waals surface area contributed by atoms with Gasteiger partial charge in [-0.15, -0.1) is 0 Å². The molecule has 0 radical (unpaired) electrons. The van der Waals surface area contributed by atoms with E-state index < -0.39 is 0 Å². The lowest BCUT2D eigenvalue weighted by molar-refractivity contribution is -0.107. The Kier molecular flexibility index (Phi) is 17.1. The predicted octanol–water partition coefficient (Wildman–Crippen LogP) is 6.40. The van der Waals surface area contributed by atoms with E-state index in [1.807, 2.05) is 11.8 Å². The van der Waals surface area contributed by atoms with Crippen molar-refractivity contribution in [2.45, 2.75) is 103 Å². The fraction of sp³-hybridized carbons (Fsp3) is 0.944. The molecule has 20 heavy (non-hydrogen) atoms. The van der Waals surface area contributed by atoms with E-state index in [2.05, 4.69) is 13.8 Å². The summed E-state index contributed by atoms with van der Waals surface area (Å²) in [7, 11) is 0. The van der Waals surface area contributed by atoms with Gasteiger partial charge in [0.25, 0.3) is 0 Å². The highest BCUT2D eigenvalue weighted by molar-refractivity contribution is 7.99. The first-order valence-corrected chi connectivity index (χ1v) is 9.95. The number of carbonyl (C=O) groups is 1. The summed E-state index contributed by atoms with van der Waals surface area (Å²) < 4.78 is 0. The van der Waals surface area contributed by atoms with Crippen molar-refractivity contribution in [2.75, 3.05) is 5.75 Å². The number of thioether (sulfide) groups is 1. The molecule has 0 aromatic carbocycles. The Balaban J connectivity index is 3.20. The van der Waals surface area contributed by atoms with Gasteiger partial charge in [-0.05, 0) is 18.6 Å². The van der Waals surface area contributed by atoms with E-state index in [1.54, 1.807) is 0 Å². The molecule has 0 aliphatic carbocycles. The van der Waals surface area contributed by atoms with Gasteiger partial charge in [-0.25, -0.2) is 0 Å². The van der Waals surface area contributed by atoms with E-state index in [0.29, 0.717) is 5.25 Å². The van der Waals surface area contributed by atoms with Crippen LogP contribution in [-0.2, 0) is 4.79 Å². The average Bonchev–Trinajstić information content (AvgIpc) is 2.45. The van der Waals surface area contributed by atoms with Crippen LogP contribution in [-0.4, -0.2) is 17.3 Å². The van der Waals surface area contributed by atoms with Crippen molar-refractivity contribution in [2.24, 2.45) is 0 Å². The Morgan fingerprint density at radius 3 is 1.85 bits per heavy atom. The lowest BCUT2D eigenvalue weighted by Crippen LogP contribution is -2.04. The SMILES string of the molecule is CCCCCCCCCCCCSC(CC=O)CCC. The van der Waals surface area contributed by atoms with E-state index in [0.717, 1.165) is 12.7 Å². The quantitative estimate of drug-likeness (QED) is 0.242. The second-order valence-corrected chi connectivity index (χ2v) is 7.27. The lowest BCUT2D eigenvalue weighted by atomic mass is 10.1. The van der Waals surface area contributed by atoms with Crippen molar-refractivity contribution in [3.05, 3.63) is 0 Å². The first-order chi connectivity index (χ1) is 9.85. The molecular formula is C18H36OS. The second kappa shape index (κ2) is 17.1. The molecule has 120 valence electrons. The molecule has 0 aromatic heterocycles. The molecule has 0 heterocycles. The van der Waals surface area contributed by atoms with Crippen LogP contribution in [0.4, 0.5) is 0 Å². The topological polar surface area (TPSA) is 17.1 Å². The Morgan fingerprint density at radius 2 is 1.35 bits per heavy atom. The Bertz CT molecular complexity index is 194. The van der Waals surface area contributed by atoms with Crippen LogP contribution in [0.5, 0.6) is 0 Å². The fourth-order valence-corrected chi connectivity index (χ4v) is 3.86. The number of hydrogen-bond donors (Lipinski definition) is 0. The molecule has 0 saturated heterocycles. The van der Waals surface area contributed by atoms with E-state index in [1.165, 1.54) is 82.8 Å². The van der Waals surface area contributed by atoms with Gasteiger partial charge in [0.2, 0.25) is 0 Å². The van der Waals surface area contributed by atoms with Crippen LogP contribution < -0.4 is 0 Å². The number of carbonyl (C=O) groups excluding carboxylic acids is 1. The van der Waals surface area contributed by atoms with Gasteiger partial charge < -0.3 is 4.79 Å². The lowest BCUT2D eigenvalue weighted by Gasteiger charge is -2.12. The third-order valence-electron chi connectivity index (χ3n) is 3.82. The summed E-state index contributed by atoms with van der Waals surface area (Å²) >= 11 is 2.02.